The van der Waals surface area contributed by atoms with E-state index in [1.54, 1.807) is 11.5 Å². The number of aromatic nitrogens is 2. The van der Waals surface area contributed by atoms with Gasteiger partial charge >= 0.3 is 0 Å². The smallest absolute Gasteiger partial charge is 0.263 e. The Hall–Kier alpha value is -3.44. The first-order chi connectivity index (χ1) is 14.2. The third-order valence-corrected chi connectivity index (χ3v) is 5.44. The van der Waals surface area contributed by atoms with Gasteiger partial charge in [0.15, 0.2) is 0 Å². The first-order valence-corrected chi connectivity index (χ1v) is 9.71. The lowest BCUT2D eigenvalue weighted by molar-refractivity contribution is 0.195. The zero-order valence-electron chi connectivity index (χ0n) is 16.2. The van der Waals surface area contributed by atoms with Gasteiger partial charge in [-0.25, -0.2) is 4.98 Å². The van der Waals surface area contributed by atoms with Crippen molar-refractivity contribution in [3.05, 3.63) is 77.2 Å². The van der Waals surface area contributed by atoms with Crippen molar-refractivity contribution in [1.82, 2.24) is 14.7 Å². The highest BCUT2D eigenvalue weighted by Crippen LogP contribution is 2.34. The minimum atomic E-state index is -0.00892. The number of benzene rings is 2. The number of nitrogens with one attached hydrogen (secondary N) is 1. The monoisotopic (exact) mass is 383 g/mol. The molecule has 0 aliphatic heterocycles. The second-order valence-electron chi connectivity index (χ2n) is 7.21. The summed E-state index contributed by atoms with van der Waals surface area (Å²) in [4.78, 5) is 18.2. The number of para-hydroxylation sites is 1. The summed E-state index contributed by atoms with van der Waals surface area (Å²) in [7, 11) is 1.70. The zero-order chi connectivity index (χ0) is 20.0. The minimum Gasteiger partial charge on any atom is -0.385 e. The molecular weight excluding hydrogens is 362 g/mol. The summed E-state index contributed by atoms with van der Waals surface area (Å²) in [5.41, 5.74) is 4.14. The summed E-state index contributed by atoms with van der Waals surface area (Å²) in [5.74, 6) is 0. The highest BCUT2D eigenvalue weighted by molar-refractivity contribution is 6.19. The lowest BCUT2D eigenvalue weighted by Crippen LogP contribution is -2.16. The molecule has 3 heterocycles. The fraction of sp³-hybridized carbons (Fsp3) is 0.167. The van der Waals surface area contributed by atoms with E-state index in [2.05, 4.69) is 18.0 Å². The number of ether oxygens (including phenoxy) is 1. The van der Waals surface area contributed by atoms with E-state index < -0.39 is 0 Å². The molecule has 0 aliphatic rings. The molecule has 0 aliphatic carbocycles. The van der Waals surface area contributed by atoms with Gasteiger partial charge in [0.1, 0.15) is 0 Å². The third-order valence-electron chi connectivity index (χ3n) is 5.44. The van der Waals surface area contributed by atoms with E-state index in [0.717, 1.165) is 57.1 Å². The molecule has 0 bridgehead atoms. The summed E-state index contributed by atoms with van der Waals surface area (Å²) < 4.78 is 6.91. The highest BCUT2D eigenvalue weighted by Gasteiger charge is 2.19. The Morgan fingerprint density at radius 1 is 1.07 bits per heavy atom. The molecular formula is C24H21N3O2. The van der Waals surface area contributed by atoms with Gasteiger partial charge in [-0.05, 0) is 24.6 Å². The maximum absolute atomic E-state index is 13.3. The fourth-order valence-electron chi connectivity index (χ4n) is 4.08. The molecule has 0 saturated heterocycles. The van der Waals surface area contributed by atoms with Gasteiger partial charge in [-0.3, -0.25) is 9.20 Å². The molecule has 5 nitrogen and oxygen atoms in total. The maximum Gasteiger partial charge on any atom is 0.263 e. The van der Waals surface area contributed by atoms with Crippen LogP contribution in [0.1, 0.15) is 12.1 Å². The predicted molar refractivity (Wildman–Crippen MR) is 119 cm³/mol. The van der Waals surface area contributed by atoms with Crippen molar-refractivity contribution in [2.45, 2.75) is 6.42 Å². The quantitative estimate of drug-likeness (QED) is 0.353. The second-order valence-corrected chi connectivity index (χ2v) is 7.21. The van der Waals surface area contributed by atoms with Crippen LogP contribution in [0.3, 0.4) is 0 Å². The maximum atomic E-state index is 13.3. The molecule has 0 amide bonds. The highest BCUT2D eigenvalue weighted by atomic mass is 16.5. The Balaban J connectivity index is 1.82. The van der Waals surface area contributed by atoms with Crippen LogP contribution in [0.4, 0.5) is 0 Å². The summed E-state index contributed by atoms with van der Waals surface area (Å²) in [5, 5.41) is 6.94. The Morgan fingerprint density at radius 3 is 2.59 bits per heavy atom. The van der Waals surface area contributed by atoms with Crippen LogP contribution in [-0.4, -0.2) is 29.6 Å². The molecule has 3 aromatic heterocycles. The van der Waals surface area contributed by atoms with E-state index >= 15 is 0 Å². The van der Waals surface area contributed by atoms with E-state index in [1.165, 1.54) is 0 Å². The third kappa shape index (κ3) is 2.66. The van der Waals surface area contributed by atoms with Crippen LogP contribution in [0.15, 0.2) is 66.0 Å². The van der Waals surface area contributed by atoms with Crippen molar-refractivity contribution in [2.24, 2.45) is 0 Å². The molecule has 0 atom stereocenters. The number of fused-ring (bicyclic) bond motifs is 5. The number of methoxy groups -OCH3 is 1. The van der Waals surface area contributed by atoms with Crippen molar-refractivity contribution in [2.75, 3.05) is 20.3 Å². The average molecular weight is 383 g/mol. The minimum absolute atomic E-state index is 0.00892. The molecule has 1 N–H and O–H groups in total. The fourth-order valence-corrected chi connectivity index (χ4v) is 4.08. The van der Waals surface area contributed by atoms with Crippen LogP contribution in [0.5, 0.6) is 0 Å². The molecule has 0 saturated carbocycles. The molecule has 5 aromatic rings. The number of rotatable bonds is 6. The predicted octanol–water partition coefficient (Wildman–Crippen LogP) is 4.19. The van der Waals surface area contributed by atoms with E-state index in [0.29, 0.717) is 12.0 Å². The standard InChI is InChI=1S/C24H21N3O2/c1-15(25-12-7-13-29-2)20-14-19-16-8-5-6-11-21(16)27-23(19)22(26-20)17-9-3-4-10-18(17)24(27)28/h3-6,8-11,14,25H,1,7,12-13H2,2H3. The summed E-state index contributed by atoms with van der Waals surface area (Å²) in [6, 6.07) is 17.7. The van der Waals surface area contributed by atoms with E-state index in [1.807, 2.05) is 48.5 Å². The molecule has 5 heteroatoms. The van der Waals surface area contributed by atoms with Crippen molar-refractivity contribution in [3.63, 3.8) is 0 Å². The largest absolute Gasteiger partial charge is 0.385 e. The Labute approximate surface area is 167 Å². The summed E-state index contributed by atoms with van der Waals surface area (Å²) >= 11 is 0. The molecule has 0 unspecified atom stereocenters. The number of hydrogen-bond acceptors (Lipinski definition) is 4. The van der Waals surface area contributed by atoms with Crippen LogP contribution in [-0.2, 0) is 4.74 Å². The number of pyridine rings is 2. The van der Waals surface area contributed by atoms with Gasteiger partial charge in [0.2, 0.25) is 0 Å². The first-order valence-electron chi connectivity index (χ1n) is 9.71. The first kappa shape index (κ1) is 17.6. The van der Waals surface area contributed by atoms with E-state index in [-0.39, 0.29) is 5.56 Å². The average Bonchev–Trinajstić information content (AvgIpc) is 3.10. The lowest BCUT2D eigenvalue weighted by Gasteiger charge is -2.11. The molecule has 144 valence electrons. The molecule has 0 spiro atoms. The van der Waals surface area contributed by atoms with Crippen LogP contribution in [0.25, 0.3) is 43.8 Å². The van der Waals surface area contributed by atoms with Crippen LogP contribution >= 0.6 is 0 Å². The number of hydrogen-bond donors (Lipinski definition) is 1. The van der Waals surface area contributed by atoms with Crippen molar-refractivity contribution >= 4 is 43.8 Å². The van der Waals surface area contributed by atoms with E-state index in [9.17, 15) is 4.79 Å². The molecule has 2 aromatic carbocycles. The van der Waals surface area contributed by atoms with Gasteiger partial charge in [-0.2, -0.15) is 0 Å². The van der Waals surface area contributed by atoms with Gasteiger partial charge in [0.25, 0.3) is 5.56 Å². The van der Waals surface area contributed by atoms with Crippen LogP contribution in [0.2, 0.25) is 0 Å². The van der Waals surface area contributed by atoms with Gasteiger partial charge in [-0.1, -0.05) is 43.0 Å². The van der Waals surface area contributed by atoms with Crippen molar-refractivity contribution < 1.29 is 4.74 Å². The van der Waals surface area contributed by atoms with Gasteiger partial charge in [-0.15, -0.1) is 0 Å². The SMILES string of the molecule is C=C(NCCCOC)c1cc2c3ccccc3n3c(=O)c4ccccc4c(n1)c23. The van der Waals surface area contributed by atoms with Crippen molar-refractivity contribution in [3.8, 4) is 0 Å². The zero-order valence-corrected chi connectivity index (χ0v) is 16.2. The van der Waals surface area contributed by atoms with Gasteiger partial charge in [0, 0.05) is 41.8 Å². The number of nitrogens with zero attached hydrogens (tertiary/aromatic N) is 2. The van der Waals surface area contributed by atoms with Gasteiger partial charge in [0.05, 0.1) is 27.9 Å². The molecule has 29 heavy (non-hydrogen) atoms. The Kier molecular flexibility index (Phi) is 4.18. The summed E-state index contributed by atoms with van der Waals surface area (Å²) in [6.45, 7) is 5.65. The van der Waals surface area contributed by atoms with Crippen LogP contribution in [0, 0.1) is 0 Å². The summed E-state index contributed by atoms with van der Waals surface area (Å²) in [6.07, 6.45) is 0.890. The molecule has 0 fully saturated rings. The lowest BCUT2D eigenvalue weighted by atomic mass is 10.1. The second kappa shape index (κ2) is 6.87. The molecule has 5 rings (SSSR count). The topological polar surface area (TPSA) is 55.6 Å². The Morgan fingerprint density at radius 2 is 1.79 bits per heavy atom. The Bertz CT molecular complexity index is 1440. The van der Waals surface area contributed by atoms with Gasteiger partial charge < -0.3 is 10.1 Å². The van der Waals surface area contributed by atoms with Crippen LogP contribution < -0.4 is 10.9 Å². The normalized spacial score (nSPS) is 11.8. The molecule has 0 radical (unpaired) electrons. The van der Waals surface area contributed by atoms with E-state index in [4.69, 9.17) is 9.72 Å². The van der Waals surface area contributed by atoms with Crippen molar-refractivity contribution in [1.29, 1.82) is 0 Å².